The van der Waals surface area contributed by atoms with E-state index in [0.717, 1.165) is 18.8 Å². The zero-order chi connectivity index (χ0) is 7.40. The standard InChI is InChI=1S/C7H15N3/c1-10(2)9-7-5-3-4-6-8-7/h3-6H2,1-2H3,(H,8,9). The summed E-state index contributed by atoms with van der Waals surface area (Å²) in [6.07, 6.45) is 3.64. The number of hydrogen-bond acceptors (Lipinski definition) is 3. The Hall–Kier alpha value is -0.570. The van der Waals surface area contributed by atoms with Gasteiger partial charge < -0.3 is 5.43 Å². The van der Waals surface area contributed by atoms with Crippen LogP contribution in [0.25, 0.3) is 0 Å². The Morgan fingerprint density at radius 1 is 1.40 bits per heavy atom. The van der Waals surface area contributed by atoms with E-state index in [-0.39, 0.29) is 0 Å². The largest absolute Gasteiger partial charge is 0.307 e. The topological polar surface area (TPSA) is 27.6 Å². The summed E-state index contributed by atoms with van der Waals surface area (Å²) >= 11 is 0. The molecule has 0 amide bonds. The minimum Gasteiger partial charge on any atom is -0.307 e. The maximum absolute atomic E-state index is 4.33. The van der Waals surface area contributed by atoms with Crippen LogP contribution in [0.5, 0.6) is 0 Å². The summed E-state index contributed by atoms with van der Waals surface area (Å²) in [5, 5.41) is 1.93. The highest BCUT2D eigenvalue weighted by Crippen LogP contribution is 2.03. The number of hydrogen-bond donors (Lipinski definition) is 1. The van der Waals surface area contributed by atoms with E-state index < -0.39 is 0 Å². The Morgan fingerprint density at radius 3 is 2.70 bits per heavy atom. The van der Waals surface area contributed by atoms with Crippen LogP contribution in [-0.4, -0.2) is 31.5 Å². The second-order valence-corrected chi connectivity index (χ2v) is 2.79. The van der Waals surface area contributed by atoms with Crippen molar-refractivity contribution in [2.24, 2.45) is 4.99 Å². The van der Waals surface area contributed by atoms with Crippen molar-refractivity contribution in [3.8, 4) is 0 Å². The van der Waals surface area contributed by atoms with Crippen molar-refractivity contribution in [3.05, 3.63) is 0 Å². The quantitative estimate of drug-likeness (QED) is 0.542. The molecule has 10 heavy (non-hydrogen) atoms. The Morgan fingerprint density at radius 2 is 2.20 bits per heavy atom. The van der Waals surface area contributed by atoms with Gasteiger partial charge in [0.25, 0.3) is 0 Å². The molecule has 0 spiro atoms. The fourth-order valence-electron chi connectivity index (χ4n) is 1.05. The van der Waals surface area contributed by atoms with E-state index >= 15 is 0 Å². The number of nitrogens with one attached hydrogen (secondary N) is 1. The molecule has 0 aromatic carbocycles. The second kappa shape index (κ2) is 3.56. The zero-order valence-electron chi connectivity index (χ0n) is 6.72. The third-order valence-corrected chi connectivity index (χ3v) is 1.48. The maximum atomic E-state index is 4.33. The highest BCUT2D eigenvalue weighted by molar-refractivity contribution is 5.82. The molecule has 0 atom stereocenters. The van der Waals surface area contributed by atoms with Gasteiger partial charge in [-0.2, -0.15) is 0 Å². The molecular weight excluding hydrogens is 126 g/mol. The van der Waals surface area contributed by atoms with Crippen LogP contribution < -0.4 is 5.43 Å². The Bertz CT molecular complexity index is 129. The molecule has 1 aliphatic heterocycles. The summed E-state index contributed by atoms with van der Waals surface area (Å²) in [5.41, 5.74) is 3.16. The van der Waals surface area contributed by atoms with Crippen LogP contribution in [0.3, 0.4) is 0 Å². The van der Waals surface area contributed by atoms with Crippen LogP contribution in [-0.2, 0) is 0 Å². The van der Waals surface area contributed by atoms with Crippen molar-refractivity contribution in [2.45, 2.75) is 19.3 Å². The molecule has 0 aliphatic carbocycles. The lowest BCUT2D eigenvalue weighted by Gasteiger charge is -2.18. The zero-order valence-corrected chi connectivity index (χ0v) is 6.72. The summed E-state index contributed by atoms with van der Waals surface area (Å²) in [6, 6.07) is 0. The van der Waals surface area contributed by atoms with Gasteiger partial charge in [-0.15, -0.1) is 0 Å². The van der Waals surface area contributed by atoms with E-state index in [1.165, 1.54) is 12.8 Å². The van der Waals surface area contributed by atoms with Gasteiger partial charge in [-0.25, -0.2) is 5.01 Å². The average Bonchev–Trinajstić information content (AvgIpc) is 1.88. The first kappa shape index (κ1) is 7.54. The number of amidine groups is 1. The smallest absolute Gasteiger partial charge is 0.111 e. The van der Waals surface area contributed by atoms with Crippen LogP contribution in [0.4, 0.5) is 0 Å². The van der Waals surface area contributed by atoms with E-state index in [4.69, 9.17) is 0 Å². The lowest BCUT2D eigenvalue weighted by molar-refractivity contribution is 0.356. The van der Waals surface area contributed by atoms with Crippen LogP contribution >= 0.6 is 0 Å². The second-order valence-electron chi connectivity index (χ2n) is 2.79. The van der Waals surface area contributed by atoms with Gasteiger partial charge in [0.1, 0.15) is 5.84 Å². The number of nitrogens with zero attached hydrogens (tertiary/aromatic N) is 2. The number of aliphatic imine (C=N–C) groups is 1. The Kier molecular flexibility index (Phi) is 2.68. The first-order valence-corrected chi connectivity index (χ1v) is 3.76. The molecule has 0 fully saturated rings. The summed E-state index contributed by atoms with van der Waals surface area (Å²) in [6.45, 7) is 0.996. The van der Waals surface area contributed by atoms with Crippen molar-refractivity contribution in [3.63, 3.8) is 0 Å². The van der Waals surface area contributed by atoms with Crippen molar-refractivity contribution >= 4 is 5.84 Å². The maximum Gasteiger partial charge on any atom is 0.111 e. The summed E-state index contributed by atoms with van der Waals surface area (Å²) < 4.78 is 0. The van der Waals surface area contributed by atoms with Gasteiger partial charge in [0.2, 0.25) is 0 Å². The first-order valence-electron chi connectivity index (χ1n) is 3.76. The molecule has 0 bridgehead atoms. The summed E-state index contributed by atoms with van der Waals surface area (Å²) in [5.74, 6) is 1.14. The predicted molar refractivity (Wildman–Crippen MR) is 43.0 cm³/mol. The SMILES string of the molecule is CN(C)NC1=NCCCC1. The molecule has 3 heteroatoms. The van der Waals surface area contributed by atoms with Crippen LogP contribution in [0.15, 0.2) is 4.99 Å². The third-order valence-electron chi connectivity index (χ3n) is 1.48. The normalized spacial score (nSPS) is 18.9. The van der Waals surface area contributed by atoms with Crippen LogP contribution in [0.1, 0.15) is 19.3 Å². The minimum absolute atomic E-state index is 0.996. The highest BCUT2D eigenvalue weighted by atomic mass is 15.5. The molecule has 3 nitrogen and oxygen atoms in total. The Labute approximate surface area is 62.1 Å². The molecule has 0 unspecified atom stereocenters. The first-order chi connectivity index (χ1) is 4.79. The van der Waals surface area contributed by atoms with Crippen molar-refractivity contribution < 1.29 is 0 Å². The molecule has 58 valence electrons. The Balaban J connectivity index is 2.31. The fraction of sp³-hybridized carbons (Fsp3) is 0.857. The van der Waals surface area contributed by atoms with Crippen LogP contribution in [0.2, 0.25) is 0 Å². The molecular formula is C7H15N3. The van der Waals surface area contributed by atoms with E-state index in [9.17, 15) is 0 Å². The molecule has 1 N–H and O–H groups in total. The van der Waals surface area contributed by atoms with E-state index in [1.54, 1.807) is 0 Å². The average molecular weight is 141 g/mol. The summed E-state index contributed by atoms with van der Waals surface area (Å²) in [4.78, 5) is 4.33. The lowest BCUT2D eigenvalue weighted by atomic mass is 10.2. The molecule has 0 saturated carbocycles. The molecule has 1 aliphatic rings. The van der Waals surface area contributed by atoms with Crippen molar-refractivity contribution in [2.75, 3.05) is 20.6 Å². The van der Waals surface area contributed by atoms with Crippen LogP contribution in [0, 0.1) is 0 Å². The van der Waals surface area contributed by atoms with Gasteiger partial charge in [0.15, 0.2) is 0 Å². The van der Waals surface area contributed by atoms with Gasteiger partial charge in [-0.3, -0.25) is 4.99 Å². The van der Waals surface area contributed by atoms with Gasteiger partial charge in [-0.05, 0) is 12.8 Å². The van der Waals surface area contributed by atoms with Crippen molar-refractivity contribution in [1.82, 2.24) is 10.4 Å². The molecule has 1 rings (SSSR count). The monoisotopic (exact) mass is 141 g/mol. The predicted octanol–water partition coefficient (Wildman–Crippen LogP) is 0.635. The molecule has 1 heterocycles. The minimum atomic E-state index is 0.996. The number of hydrazine groups is 1. The van der Waals surface area contributed by atoms with Gasteiger partial charge in [0.05, 0.1) is 0 Å². The van der Waals surface area contributed by atoms with Crippen molar-refractivity contribution in [1.29, 1.82) is 0 Å². The molecule has 0 aromatic rings. The van der Waals surface area contributed by atoms with E-state index in [0.29, 0.717) is 0 Å². The highest BCUT2D eigenvalue weighted by Gasteiger charge is 2.03. The lowest BCUT2D eigenvalue weighted by Crippen LogP contribution is -2.37. The molecule has 0 radical (unpaired) electrons. The van der Waals surface area contributed by atoms with E-state index in [2.05, 4.69) is 10.4 Å². The fourth-order valence-corrected chi connectivity index (χ4v) is 1.05. The van der Waals surface area contributed by atoms with Gasteiger partial charge in [0, 0.05) is 27.1 Å². The molecule has 0 aromatic heterocycles. The number of rotatable bonds is 1. The van der Waals surface area contributed by atoms with Gasteiger partial charge in [-0.1, -0.05) is 0 Å². The third kappa shape index (κ3) is 2.35. The summed E-state index contributed by atoms with van der Waals surface area (Å²) in [7, 11) is 3.97. The molecule has 0 saturated heterocycles. The van der Waals surface area contributed by atoms with E-state index in [1.807, 2.05) is 19.1 Å². The van der Waals surface area contributed by atoms with Gasteiger partial charge >= 0.3 is 0 Å².